The van der Waals surface area contributed by atoms with Crippen molar-refractivity contribution in [3.63, 3.8) is 0 Å². The Labute approximate surface area is 153 Å². The number of hydrogen-bond donors (Lipinski definition) is 1. The molecule has 0 heterocycles. The maximum atomic E-state index is 13.3. The van der Waals surface area contributed by atoms with E-state index in [0.29, 0.717) is 12.1 Å². The summed E-state index contributed by atoms with van der Waals surface area (Å²) in [6.07, 6.45) is 0. The highest BCUT2D eigenvalue weighted by molar-refractivity contribution is 6.04. The summed E-state index contributed by atoms with van der Waals surface area (Å²) < 4.78 is 13.3. The SMILES string of the molecule is CN(Cc1ccc(C(=O)Nc2ccccc2)cc1)Cc1cccc(F)c1. The van der Waals surface area contributed by atoms with E-state index in [9.17, 15) is 9.18 Å². The van der Waals surface area contributed by atoms with Gasteiger partial charge in [0.05, 0.1) is 0 Å². The number of carbonyl (C=O) groups is 1. The second-order valence-corrected chi connectivity index (χ2v) is 6.32. The van der Waals surface area contributed by atoms with Crippen LogP contribution >= 0.6 is 0 Å². The molecular formula is C22H21FN2O. The molecule has 3 aromatic rings. The van der Waals surface area contributed by atoms with Gasteiger partial charge in [-0.2, -0.15) is 0 Å². The maximum absolute atomic E-state index is 13.3. The van der Waals surface area contributed by atoms with Crippen LogP contribution in [0.25, 0.3) is 0 Å². The van der Waals surface area contributed by atoms with Crippen LogP contribution < -0.4 is 5.32 Å². The lowest BCUT2D eigenvalue weighted by Crippen LogP contribution is -2.17. The van der Waals surface area contributed by atoms with Crippen LogP contribution in [0.5, 0.6) is 0 Å². The number of hydrogen-bond acceptors (Lipinski definition) is 2. The molecule has 0 spiro atoms. The number of amides is 1. The number of para-hydroxylation sites is 1. The normalized spacial score (nSPS) is 10.7. The van der Waals surface area contributed by atoms with Gasteiger partial charge >= 0.3 is 0 Å². The maximum Gasteiger partial charge on any atom is 0.255 e. The van der Waals surface area contributed by atoms with E-state index >= 15 is 0 Å². The molecule has 3 nitrogen and oxygen atoms in total. The summed E-state index contributed by atoms with van der Waals surface area (Å²) in [5.74, 6) is -0.347. The molecule has 0 aromatic heterocycles. The Balaban J connectivity index is 1.57. The Morgan fingerprint density at radius 1 is 0.885 bits per heavy atom. The van der Waals surface area contributed by atoms with Crippen LogP contribution in [0.3, 0.4) is 0 Å². The Hall–Kier alpha value is -2.98. The zero-order valence-electron chi connectivity index (χ0n) is 14.7. The average Bonchev–Trinajstić information content (AvgIpc) is 2.63. The molecule has 0 unspecified atom stereocenters. The van der Waals surface area contributed by atoms with Crippen molar-refractivity contribution in [1.82, 2.24) is 4.90 Å². The van der Waals surface area contributed by atoms with E-state index in [1.165, 1.54) is 6.07 Å². The number of benzene rings is 3. The fraction of sp³-hybridized carbons (Fsp3) is 0.136. The zero-order valence-corrected chi connectivity index (χ0v) is 14.7. The van der Waals surface area contributed by atoms with E-state index in [2.05, 4.69) is 10.2 Å². The van der Waals surface area contributed by atoms with Crippen molar-refractivity contribution in [2.45, 2.75) is 13.1 Å². The lowest BCUT2D eigenvalue weighted by molar-refractivity contribution is 0.102. The van der Waals surface area contributed by atoms with Gasteiger partial charge in [0.2, 0.25) is 0 Å². The second kappa shape index (κ2) is 8.41. The van der Waals surface area contributed by atoms with E-state index in [1.54, 1.807) is 12.1 Å². The highest BCUT2D eigenvalue weighted by atomic mass is 19.1. The summed E-state index contributed by atoms with van der Waals surface area (Å²) in [4.78, 5) is 14.4. The molecule has 0 saturated heterocycles. The molecule has 0 aliphatic carbocycles. The van der Waals surface area contributed by atoms with Crippen molar-refractivity contribution in [2.24, 2.45) is 0 Å². The van der Waals surface area contributed by atoms with E-state index in [4.69, 9.17) is 0 Å². The van der Waals surface area contributed by atoms with Crippen molar-refractivity contribution in [1.29, 1.82) is 0 Å². The Kier molecular flexibility index (Phi) is 5.77. The van der Waals surface area contributed by atoms with Crippen molar-refractivity contribution in [3.8, 4) is 0 Å². The predicted octanol–water partition coefficient (Wildman–Crippen LogP) is 4.71. The van der Waals surface area contributed by atoms with Crippen LogP contribution in [-0.2, 0) is 13.1 Å². The predicted molar refractivity (Wildman–Crippen MR) is 102 cm³/mol. The molecule has 0 radical (unpaired) electrons. The third-order valence-corrected chi connectivity index (χ3v) is 4.04. The summed E-state index contributed by atoms with van der Waals surface area (Å²) in [5.41, 5.74) is 3.42. The molecule has 3 aromatic carbocycles. The van der Waals surface area contributed by atoms with E-state index < -0.39 is 0 Å². The molecule has 3 rings (SSSR count). The van der Waals surface area contributed by atoms with E-state index in [-0.39, 0.29) is 11.7 Å². The van der Waals surface area contributed by atoms with Gasteiger partial charge in [-0.15, -0.1) is 0 Å². The largest absolute Gasteiger partial charge is 0.322 e. The minimum atomic E-state index is -0.218. The zero-order chi connectivity index (χ0) is 18.4. The summed E-state index contributed by atoms with van der Waals surface area (Å²) >= 11 is 0. The van der Waals surface area contributed by atoms with E-state index in [1.807, 2.05) is 67.7 Å². The smallest absolute Gasteiger partial charge is 0.255 e. The van der Waals surface area contributed by atoms with Gasteiger partial charge in [0.15, 0.2) is 0 Å². The topological polar surface area (TPSA) is 32.3 Å². The standard InChI is InChI=1S/C22H21FN2O/c1-25(16-18-6-5-7-20(23)14-18)15-17-10-12-19(13-11-17)22(26)24-21-8-3-2-4-9-21/h2-14H,15-16H2,1H3,(H,24,26). The second-order valence-electron chi connectivity index (χ2n) is 6.32. The van der Waals surface area contributed by atoms with Crippen molar-refractivity contribution < 1.29 is 9.18 Å². The minimum Gasteiger partial charge on any atom is -0.322 e. The molecule has 0 bridgehead atoms. The first-order valence-electron chi connectivity index (χ1n) is 8.48. The van der Waals surface area contributed by atoms with Crippen molar-refractivity contribution in [2.75, 3.05) is 12.4 Å². The summed E-state index contributed by atoms with van der Waals surface area (Å²) in [5, 5.41) is 2.87. The third kappa shape index (κ3) is 5.01. The first-order valence-corrected chi connectivity index (χ1v) is 8.48. The van der Waals surface area contributed by atoms with Crippen LogP contribution in [0, 0.1) is 5.82 Å². The Morgan fingerprint density at radius 2 is 1.58 bits per heavy atom. The van der Waals surface area contributed by atoms with Crippen LogP contribution in [0.1, 0.15) is 21.5 Å². The molecule has 26 heavy (non-hydrogen) atoms. The van der Waals surface area contributed by atoms with Crippen molar-refractivity contribution in [3.05, 3.63) is 101 Å². The first-order chi connectivity index (χ1) is 12.6. The van der Waals surface area contributed by atoms with Gasteiger partial charge in [0, 0.05) is 24.3 Å². The van der Waals surface area contributed by atoms with E-state index in [0.717, 1.165) is 23.4 Å². The fourth-order valence-corrected chi connectivity index (χ4v) is 2.80. The van der Waals surface area contributed by atoms with Gasteiger partial charge in [0.25, 0.3) is 5.91 Å². The molecule has 0 saturated carbocycles. The monoisotopic (exact) mass is 348 g/mol. The molecule has 0 aliphatic heterocycles. The van der Waals surface area contributed by atoms with Crippen LogP contribution in [0.2, 0.25) is 0 Å². The van der Waals surface area contributed by atoms with Gasteiger partial charge in [-0.3, -0.25) is 9.69 Å². The van der Waals surface area contributed by atoms with Crippen LogP contribution in [0.15, 0.2) is 78.9 Å². The Bertz CT molecular complexity index is 863. The highest BCUT2D eigenvalue weighted by Crippen LogP contribution is 2.13. The lowest BCUT2D eigenvalue weighted by Gasteiger charge is -2.17. The number of carbonyl (C=O) groups excluding carboxylic acids is 1. The summed E-state index contributed by atoms with van der Waals surface area (Å²) in [6.45, 7) is 1.38. The number of anilines is 1. The minimum absolute atomic E-state index is 0.129. The quantitative estimate of drug-likeness (QED) is 0.700. The summed E-state index contributed by atoms with van der Waals surface area (Å²) in [6, 6.07) is 23.6. The molecule has 0 aliphatic rings. The molecule has 132 valence electrons. The molecule has 0 fully saturated rings. The lowest BCUT2D eigenvalue weighted by atomic mass is 10.1. The van der Waals surface area contributed by atoms with Crippen LogP contribution in [0.4, 0.5) is 10.1 Å². The molecule has 1 N–H and O–H groups in total. The van der Waals surface area contributed by atoms with Crippen molar-refractivity contribution >= 4 is 11.6 Å². The number of nitrogens with one attached hydrogen (secondary N) is 1. The number of nitrogens with zero attached hydrogens (tertiary/aromatic N) is 1. The molecular weight excluding hydrogens is 327 g/mol. The van der Waals surface area contributed by atoms with Gasteiger partial charge in [-0.1, -0.05) is 42.5 Å². The van der Waals surface area contributed by atoms with Gasteiger partial charge in [0.1, 0.15) is 5.82 Å². The molecule has 1 amide bonds. The summed E-state index contributed by atoms with van der Waals surface area (Å²) in [7, 11) is 1.99. The number of rotatable bonds is 6. The molecule has 4 heteroatoms. The number of halogens is 1. The Morgan fingerprint density at radius 3 is 2.27 bits per heavy atom. The first kappa shape index (κ1) is 17.8. The third-order valence-electron chi connectivity index (χ3n) is 4.04. The molecule has 0 atom stereocenters. The highest BCUT2D eigenvalue weighted by Gasteiger charge is 2.07. The average molecular weight is 348 g/mol. The van der Waals surface area contributed by atoms with Gasteiger partial charge < -0.3 is 5.32 Å². The van der Waals surface area contributed by atoms with Crippen LogP contribution in [-0.4, -0.2) is 17.9 Å². The fourth-order valence-electron chi connectivity index (χ4n) is 2.80. The van der Waals surface area contributed by atoms with Gasteiger partial charge in [-0.25, -0.2) is 4.39 Å². The van der Waals surface area contributed by atoms with Gasteiger partial charge in [-0.05, 0) is 54.6 Å².